The molecule has 3 heterocycles. The molecule has 5 aliphatic carbocycles. The molecule has 3 aliphatic heterocycles. The predicted octanol–water partition coefficient (Wildman–Crippen LogP) is 3.01. The Kier molecular flexibility index (Phi) is 12.1. The Morgan fingerprint density at radius 2 is 1.31 bits per heavy atom. The van der Waals surface area contributed by atoms with Gasteiger partial charge in [0.25, 0.3) is 0 Å². The zero-order valence-corrected chi connectivity index (χ0v) is 37.3. The number of carbonyl (C=O) groups is 1. The van der Waals surface area contributed by atoms with Crippen molar-refractivity contribution in [1.29, 1.82) is 0 Å². The van der Waals surface area contributed by atoms with Crippen molar-refractivity contribution in [3.05, 3.63) is 11.6 Å². The summed E-state index contributed by atoms with van der Waals surface area (Å²) in [5.74, 6) is 0.0702. The highest BCUT2D eigenvalue weighted by atomic mass is 16.8. The van der Waals surface area contributed by atoms with E-state index in [2.05, 4.69) is 54.5 Å². The summed E-state index contributed by atoms with van der Waals surface area (Å²) >= 11 is 0. The minimum atomic E-state index is -1.69. The lowest BCUT2D eigenvalue weighted by molar-refractivity contribution is -0.378. The van der Waals surface area contributed by atoms with Gasteiger partial charge in [0.05, 0.1) is 30.8 Å². The Morgan fingerprint density at radius 1 is 0.672 bits per heavy atom. The van der Waals surface area contributed by atoms with Crippen molar-refractivity contribution in [2.24, 2.45) is 50.2 Å². The smallest absolute Gasteiger partial charge is 0.310 e. The van der Waals surface area contributed by atoms with Crippen LogP contribution in [0.4, 0.5) is 0 Å². The largest absolute Gasteiger partial charge is 0.481 e. The second-order valence-electron chi connectivity index (χ2n) is 22.6. The summed E-state index contributed by atoms with van der Waals surface area (Å²) in [6.07, 6.45) is -7.57. The highest BCUT2D eigenvalue weighted by Gasteiger charge is 2.69. The summed E-state index contributed by atoms with van der Waals surface area (Å²) < 4.78 is 36.2. The topological polar surface area (TPSA) is 234 Å². The summed E-state index contributed by atoms with van der Waals surface area (Å²) in [4.78, 5) is 13.1. The first-order chi connectivity index (χ1) is 28.4. The Labute approximate surface area is 360 Å². The van der Waals surface area contributed by atoms with Crippen LogP contribution in [0.1, 0.15) is 120 Å². The molecule has 0 unspecified atom stereocenters. The van der Waals surface area contributed by atoms with E-state index in [-0.39, 0.29) is 58.2 Å². The molecular formula is C46H74O15. The fourth-order valence-electron chi connectivity index (χ4n) is 14.5. The predicted molar refractivity (Wildman–Crippen MR) is 217 cm³/mol. The quantitative estimate of drug-likeness (QED) is 0.136. The molecule has 7 fully saturated rings. The van der Waals surface area contributed by atoms with E-state index >= 15 is 0 Å². The van der Waals surface area contributed by atoms with E-state index < -0.39 is 91.3 Å². The van der Waals surface area contributed by atoms with Gasteiger partial charge in [-0.2, -0.15) is 0 Å². The maximum atomic E-state index is 13.1. The van der Waals surface area contributed by atoms with Crippen LogP contribution >= 0.6 is 0 Å². The van der Waals surface area contributed by atoms with Crippen LogP contribution in [0.15, 0.2) is 11.6 Å². The first kappa shape index (κ1) is 46.2. The average molecular weight is 867 g/mol. The molecule has 0 aromatic rings. The van der Waals surface area contributed by atoms with Crippen LogP contribution in [0, 0.1) is 50.2 Å². The molecule has 8 aliphatic rings. The molecule has 15 nitrogen and oxygen atoms in total. The highest BCUT2D eigenvalue weighted by Crippen LogP contribution is 2.76. The molecular weight excluding hydrogens is 792 g/mol. The molecule has 0 spiro atoms. The van der Waals surface area contributed by atoms with Gasteiger partial charge in [-0.3, -0.25) is 4.79 Å². The molecule has 3 saturated heterocycles. The van der Waals surface area contributed by atoms with Gasteiger partial charge in [-0.05, 0) is 116 Å². The van der Waals surface area contributed by atoms with Gasteiger partial charge < -0.3 is 69.3 Å². The van der Waals surface area contributed by atoms with Crippen molar-refractivity contribution in [2.45, 2.75) is 206 Å². The lowest BCUT2D eigenvalue weighted by Gasteiger charge is -2.71. The Balaban J connectivity index is 1.00. The standard InChI is InChI=1S/C46H74O15/c1-22-30(49)35(60-37-33(52)31(50)25(47)20-56-37)34(53)38(58-22)61-36-32(51)26(48)21-57-39(36)59-29-12-13-43(6)27(42(29,4)5)11-14-45(8)28(43)10-9-23-24-19-41(2,3)15-17-46(24,40(54)55)18-16-44(23,45)7/h9,22,24-39,47-53H,10-21H2,1-8H3,(H,54,55)/t22-,24+,25+,26-,27-,28+,29-,30-,31-,32-,33+,34+,35+,36+,37-,38-,39-,43-,44+,45+,46-/m0/s1. The maximum Gasteiger partial charge on any atom is 0.310 e. The number of ether oxygens (including phenoxy) is 6. The molecule has 8 N–H and O–H groups in total. The zero-order chi connectivity index (χ0) is 44.4. The third kappa shape index (κ3) is 7.21. The van der Waals surface area contributed by atoms with Crippen LogP contribution in [0.5, 0.6) is 0 Å². The van der Waals surface area contributed by atoms with E-state index in [1.165, 1.54) is 12.5 Å². The molecule has 0 amide bonds. The molecule has 0 aromatic heterocycles. The fourth-order valence-corrected chi connectivity index (χ4v) is 14.5. The average Bonchev–Trinajstić information content (AvgIpc) is 3.18. The van der Waals surface area contributed by atoms with Crippen molar-refractivity contribution in [3.63, 3.8) is 0 Å². The Bertz CT molecular complexity index is 1670. The van der Waals surface area contributed by atoms with E-state index in [0.29, 0.717) is 12.3 Å². The summed E-state index contributed by atoms with van der Waals surface area (Å²) in [6, 6.07) is 0. The van der Waals surface area contributed by atoms with E-state index in [1.54, 1.807) is 0 Å². The van der Waals surface area contributed by atoms with Gasteiger partial charge in [-0.1, -0.05) is 60.1 Å². The Morgan fingerprint density at radius 3 is 2.00 bits per heavy atom. The minimum absolute atomic E-state index is 0.0145. The minimum Gasteiger partial charge on any atom is -0.481 e. The number of aliphatic hydroxyl groups excluding tert-OH is 7. The van der Waals surface area contributed by atoms with Crippen molar-refractivity contribution in [3.8, 4) is 0 Å². The van der Waals surface area contributed by atoms with Crippen LogP contribution in [0.2, 0.25) is 0 Å². The first-order valence-electron chi connectivity index (χ1n) is 23.0. The van der Waals surface area contributed by atoms with Gasteiger partial charge in [-0.15, -0.1) is 0 Å². The number of hydrogen-bond donors (Lipinski definition) is 8. The molecule has 0 bridgehead atoms. The molecule has 21 atom stereocenters. The third-order valence-corrected chi connectivity index (χ3v) is 18.5. The number of carboxylic acid groups (broad SMARTS) is 1. The summed E-state index contributed by atoms with van der Waals surface area (Å²) in [5, 5.41) is 85.9. The maximum absolute atomic E-state index is 13.1. The monoisotopic (exact) mass is 867 g/mol. The van der Waals surface area contributed by atoms with Gasteiger partial charge >= 0.3 is 5.97 Å². The first-order valence-corrected chi connectivity index (χ1v) is 23.0. The van der Waals surface area contributed by atoms with Crippen LogP contribution in [-0.2, 0) is 33.2 Å². The number of hydrogen-bond acceptors (Lipinski definition) is 14. The SMILES string of the molecule is C[C@@H]1O[C@@H](O[C@H]2[C@H](O[C@H]3CC[C@]4(C)[C@H]5CC=C6[C@H]7CC(C)(C)CC[C@]7(C(=O)O)CC[C@@]6(C)[C@]5(C)CC[C@H]4C3(C)C)OC[C@H](O)[C@@H]2O)[C@H](O)[C@H](O[C@@H]2OC[C@@H](O)[C@H](O)[C@H]2O)[C@H]1O. The van der Waals surface area contributed by atoms with Gasteiger partial charge in [0.15, 0.2) is 18.9 Å². The molecule has 4 saturated carbocycles. The van der Waals surface area contributed by atoms with Crippen molar-refractivity contribution >= 4 is 5.97 Å². The normalized spacial score (nSPS) is 54.3. The highest BCUT2D eigenvalue weighted by molar-refractivity contribution is 5.76. The van der Waals surface area contributed by atoms with E-state index in [0.717, 1.165) is 57.8 Å². The number of allylic oxidation sites excluding steroid dienone is 2. The summed E-state index contributed by atoms with van der Waals surface area (Å²) in [6.45, 7) is 17.5. The number of aliphatic carboxylic acids is 1. The molecule has 61 heavy (non-hydrogen) atoms. The molecule has 8 rings (SSSR count). The van der Waals surface area contributed by atoms with Crippen LogP contribution in [0.25, 0.3) is 0 Å². The van der Waals surface area contributed by atoms with Gasteiger partial charge in [0.1, 0.15) is 54.9 Å². The van der Waals surface area contributed by atoms with Crippen molar-refractivity contribution in [2.75, 3.05) is 13.2 Å². The summed E-state index contributed by atoms with van der Waals surface area (Å²) in [7, 11) is 0. The summed E-state index contributed by atoms with van der Waals surface area (Å²) in [5.41, 5.74) is 0.298. The van der Waals surface area contributed by atoms with Crippen molar-refractivity contribution in [1.82, 2.24) is 0 Å². The van der Waals surface area contributed by atoms with Gasteiger partial charge in [-0.25, -0.2) is 0 Å². The lowest BCUT2D eigenvalue weighted by atomic mass is 9.33. The number of aliphatic hydroxyl groups is 7. The number of rotatable bonds is 7. The lowest BCUT2D eigenvalue weighted by Crippen LogP contribution is -2.66. The number of carboxylic acids is 1. The van der Waals surface area contributed by atoms with Crippen LogP contribution < -0.4 is 0 Å². The number of fused-ring (bicyclic) bond motifs is 7. The van der Waals surface area contributed by atoms with Gasteiger partial charge in [0, 0.05) is 0 Å². The van der Waals surface area contributed by atoms with E-state index in [9.17, 15) is 45.6 Å². The van der Waals surface area contributed by atoms with Crippen LogP contribution in [0.3, 0.4) is 0 Å². The van der Waals surface area contributed by atoms with E-state index in [4.69, 9.17) is 28.4 Å². The molecule has 348 valence electrons. The molecule has 0 radical (unpaired) electrons. The van der Waals surface area contributed by atoms with Crippen LogP contribution in [-0.4, -0.2) is 146 Å². The van der Waals surface area contributed by atoms with Crippen molar-refractivity contribution < 1.29 is 74.1 Å². The van der Waals surface area contributed by atoms with E-state index in [1.807, 2.05) is 0 Å². The third-order valence-electron chi connectivity index (χ3n) is 18.5. The second kappa shape index (κ2) is 15.9. The Hall–Kier alpha value is -1.31. The second-order valence-corrected chi connectivity index (χ2v) is 22.6. The van der Waals surface area contributed by atoms with Gasteiger partial charge in [0.2, 0.25) is 0 Å². The molecule has 15 heteroatoms. The molecule has 0 aromatic carbocycles. The zero-order valence-electron chi connectivity index (χ0n) is 37.3. The fraction of sp³-hybridized carbons (Fsp3) is 0.935.